The first-order valence-electron chi connectivity index (χ1n) is 10.3. The molecule has 2 amide bonds. The molecule has 0 aliphatic heterocycles. The van der Waals surface area contributed by atoms with Crippen molar-refractivity contribution >= 4 is 28.7 Å². The number of ether oxygens (including phenoxy) is 1. The molecule has 0 aliphatic carbocycles. The number of aryl methyl sites for hydroxylation is 1. The molecule has 0 atom stereocenters. The zero-order chi connectivity index (χ0) is 23.2. The smallest absolute Gasteiger partial charge is 0.315 e. The van der Waals surface area contributed by atoms with Crippen molar-refractivity contribution in [1.29, 1.82) is 0 Å². The molecule has 2 N–H and O–H groups in total. The van der Waals surface area contributed by atoms with E-state index in [2.05, 4.69) is 20.7 Å². The maximum Gasteiger partial charge on any atom is 0.315 e. The average Bonchev–Trinajstić information content (AvgIpc) is 3.49. The zero-order valence-electron chi connectivity index (χ0n) is 18.2. The van der Waals surface area contributed by atoms with Gasteiger partial charge in [-0.15, -0.1) is 22.7 Å². The number of benzene rings is 1. The Labute approximate surface area is 198 Å². The molecule has 3 aromatic heterocycles. The fourth-order valence-corrected chi connectivity index (χ4v) is 4.96. The minimum atomic E-state index is -0.311. The Morgan fingerprint density at radius 2 is 1.94 bits per heavy atom. The molecule has 0 bridgehead atoms. The van der Waals surface area contributed by atoms with Gasteiger partial charge in [-0.1, -0.05) is 18.2 Å². The quantitative estimate of drug-likeness (QED) is 0.398. The predicted molar refractivity (Wildman–Crippen MR) is 131 cm³/mol. The summed E-state index contributed by atoms with van der Waals surface area (Å²) in [5.41, 5.74) is 2.30. The number of amides is 2. The van der Waals surface area contributed by atoms with Crippen molar-refractivity contribution in [2.24, 2.45) is 0 Å². The topological polar surface area (TPSA) is 98.1 Å². The second-order valence-electron chi connectivity index (χ2n) is 7.15. The molecule has 8 nitrogen and oxygen atoms in total. The van der Waals surface area contributed by atoms with Gasteiger partial charge in [0.2, 0.25) is 0 Å². The van der Waals surface area contributed by atoms with Gasteiger partial charge in [0.15, 0.2) is 0 Å². The predicted octanol–water partition coefficient (Wildman–Crippen LogP) is 3.91. The van der Waals surface area contributed by atoms with E-state index in [1.165, 1.54) is 10.7 Å². The van der Waals surface area contributed by atoms with Crippen LogP contribution in [0.3, 0.4) is 0 Å². The summed E-state index contributed by atoms with van der Waals surface area (Å²) in [5.74, 6) is 0.764. The number of aromatic nitrogens is 3. The van der Waals surface area contributed by atoms with Gasteiger partial charge in [-0.3, -0.25) is 4.79 Å². The van der Waals surface area contributed by atoms with Gasteiger partial charge in [0, 0.05) is 19.2 Å². The molecule has 1 aromatic carbocycles. The lowest BCUT2D eigenvalue weighted by Crippen LogP contribution is -2.38. The number of nitrogens with zero attached hydrogens (tertiary/aromatic N) is 3. The Balaban J connectivity index is 1.35. The van der Waals surface area contributed by atoms with E-state index in [9.17, 15) is 9.59 Å². The summed E-state index contributed by atoms with van der Waals surface area (Å²) in [6.07, 6.45) is 0. The lowest BCUT2D eigenvalue weighted by atomic mass is 10.2. The van der Waals surface area contributed by atoms with Crippen molar-refractivity contribution in [2.45, 2.75) is 20.0 Å². The molecular formula is C23H23N5O3S2. The lowest BCUT2D eigenvalue weighted by molar-refractivity contribution is 0.240. The van der Waals surface area contributed by atoms with Crippen LogP contribution in [0.25, 0.3) is 20.5 Å². The van der Waals surface area contributed by atoms with E-state index in [1.807, 2.05) is 48.7 Å². The maximum absolute atomic E-state index is 12.3. The number of urea groups is 1. The molecule has 0 unspecified atom stereocenters. The van der Waals surface area contributed by atoms with Crippen molar-refractivity contribution in [3.8, 4) is 26.2 Å². The fraction of sp³-hybridized carbons (Fsp3) is 0.217. The van der Waals surface area contributed by atoms with Crippen LogP contribution in [0.1, 0.15) is 11.3 Å². The van der Waals surface area contributed by atoms with E-state index in [4.69, 9.17) is 4.74 Å². The van der Waals surface area contributed by atoms with E-state index < -0.39 is 0 Å². The van der Waals surface area contributed by atoms with Crippen LogP contribution in [0.4, 0.5) is 4.79 Å². The Morgan fingerprint density at radius 3 is 2.67 bits per heavy atom. The molecule has 10 heteroatoms. The second kappa shape index (κ2) is 10.4. The van der Waals surface area contributed by atoms with Crippen molar-refractivity contribution in [3.05, 3.63) is 75.5 Å². The summed E-state index contributed by atoms with van der Waals surface area (Å²) in [7, 11) is 1.61. The molecular weight excluding hydrogens is 458 g/mol. The Morgan fingerprint density at radius 1 is 1.12 bits per heavy atom. The molecule has 4 rings (SSSR count). The average molecular weight is 482 g/mol. The molecule has 0 saturated carbocycles. The standard InChI is InChI=1S/C23H23N5O3S2/c1-15-21(33-22(26-15)19-4-3-13-32-19)18-9-10-20(29)28(27-18)12-11-24-23(30)25-14-16-5-7-17(31-2)8-6-16/h3-10,13H,11-12,14H2,1-2H3,(H2,24,25,30). The molecule has 0 saturated heterocycles. The van der Waals surface area contributed by atoms with E-state index >= 15 is 0 Å². The van der Waals surface area contributed by atoms with E-state index in [0.29, 0.717) is 12.2 Å². The third-order valence-corrected chi connectivity index (χ3v) is 7.07. The molecule has 4 aromatic rings. The van der Waals surface area contributed by atoms with Gasteiger partial charge in [0.25, 0.3) is 5.56 Å². The normalized spacial score (nSPS) is 10.7. The molecule has 0 radical (unpaired) electrons. The van der Waals surface area contributed by atoms with Crippen LogP contribution in [-0.2, 0) is 13.1 Å². The van der Waals surface area contributed by atoms with E-state index in [0.717, 1.165) is 31.8 Å². The molecule has 3 heterocycles. The van der Waals surface area contributed by atoms with Gasteiger partial charge < -0.3 is 15.4 Å². The Hall–Kier alpha value is -3.50. The number of methoxy groups -OCH3 is 1. The molecule has 170 valence electrons. The van der Waals surface area contributed by atoms with Crippen molar-refractivity contribution in [2.75, 3.05) is 13.7 Å². The summed E-state index contributed by atoms with van der Waals surface area (Å²) in [4.78, 5) is 31.1. The highest BCUT2D eigenvalue weighted by Gasteiger charge is 2.14. The highest BCUT2D eigenvalue weighted by Crippen LogP contribution is 2.35. The Bertz CT molecular complexity index is 1280. The van der Waals surface area contributed by atoms with Crippen molar-refractivity contribution in [3.63, 3.8) is 0 Å². The first kappa shape index (κ1) is 22.7. The highest BCUT2D eigenvalue weighted by atomic mass is 32.1. The Kier molecular flexibility index (Phi) is 7.16. The summed E-state index contributed by atoms with van der Waals surface area (Å²) < 4.78 is 6.49. The lowest BCUT2D eigenvalue weighted by Gasteiger charge is -2.10. The summed E-state index contributed by atoms with van der Waals surface area (Å²) in [5, 5.41) is 13.0. The minimum absolute atomic E-state index is 0.222. The molecule has 33 heavy (non-hydrogen) atoms. The third kappa shape index (κ3) is 5.65. The number of hydrogen-bond acceptors (Lipinski definition) is 7. The fourth-order valence-electron chi connectivity index (χ4n) is 3.13. The SMILES string of the molecule is COc1ccc(CNC(=O)NCCn2nc(-c3sc(-c4cccs4)nc3C)ccc2=O)cc1. The van der Waals surface area contributed by atoms with Gasteiger partial charge in [-0.2, -0.15) is 5.10 Å². The number of nitrogens with one attached hydrogen (secondary N) is 2. The molecule has 0 aliphatic rings. The van der Waals surface area contributed by atoms with Crippen LogP contribution in [0.15, 0.2) is 58.7 Å². The number of rotatable bonds is 8. The number of thiazole rings is 1. The van der Waals surface area contributed by atoms with E-state index in [-0.39, 0.29) is 24.7 Å². The van der Waals surface area contributed by atoms with Crippen LogP contribution in [-0.4, -0.2) is 34.5 Å². The molecule has 0 spiro atoms. The highest BCUT2D eigenvalue weighted by molar-refractivity contribution is 7.23. The summed E-state index contributed by atoms with van der Waals surface area (Å²) in [6, 6.07) is 14.4. The van der Waals surface area contributed by atoms with Crippen molar-refractivity contribution < 1.29 is 9.53 Å². The largest absolute Gasteiger partial charge is 0.497 e. The minimum Gasteiger partial charge on any atom is -0.497 e. The third-order valence-electron chi connectivity index (χ3n) is 4.85. The molecule has 0 fully saturated rings. The van der Waals surface area contributed by atoms with Crippen LogP contribution in [0.5, 0.6) is 5.75 Å². The number of carbonyl (C=O) groups excluding carboxylic acids is 1. The van der Waals surface area contributed by atoms with Gasteiger partial charge in [0.05, 0.1) is 29.1 Å². The number of thiophene rings is 1. The van der Waals surface area contributed by atoms with Crippen LogP contribution >= 0.6 is 22.7 Å². The first-order chi connectivity index (χ1) is 16.0. The van der Waals surface area contributed by atoms with Gasteiger partial charge in [-0.05, 0) is 42.1 Å². The second-order valence-corrected chi connectivity index (χ2v) is 9.10. The van der Waals surface area contributed by atoms with Gasteiger partial charge in [0.1, 0.15) is 16.5 Å². The number of carbonyl (C=O) groups is 1. The summed E-state index contributed by atoms with van der Waals surface area (Å²) in [6.45, 7) is 2.86. The van der Waals surface area contributed by atoms with Crippen LogP contribution in [0, 0.1) is 6.92 Å². The van der Waals surface area contributed by atoms with Gasteiger partial charge in [-0.25, -0.2) is 14.5 Å². The van der Waals surface area contributed by atoms with Crippen LogP contribution < -0.4 is 20.9 Å². The number of hydrogen-bond donors (Lipinski definition) is 2. The van der Waals surface area contributed by atoms with E-state index in [1.54, 1.807) is 35.8 Å². The van der Waals surface area contributed by atoms with Gasteiger partial charge >= 0.3 is 6.03 Å². The van der Waals surface area contributed by atoms with Crippen molar-refractivity contribution in [1.82, 2.24) is 25.4 Å². The summed E-state index contributed by atoms with van der Waals surface area (Å²) >= 11 is 3.19. The monoisotopic (exact) mass is 481 g/mol. The maximum atomic E-state index is 12.3. The van der Waals surface area contributed by atoms with Crippen LogP contribution in [0.2, 0.25) is 0 Å². The zero-order valence-corrected chi connectivity index (χ0v) is 19.8. The first-order valence-corrected chi connectivity index (χ1v) is 12.0.